The molecule has 1 heteroatoms. The lowest BCUT2D eigenvalue weighted by molar-refractivity contribution is 0.768. The lowest BCUT2D eigenvalue weighted by Crippen LogP contribution is -2.28. The van der Waals surface area contributed by atoms with E-state index in [1.807, 2.05) is 0 Å². The fourth-order valence-corrected chi connectivity index (χ4v) is 13.7. The highest BCUT2D eigenvalue weighted by molar-refractivity contribution is 6.03. The van der Waals surface area contributed by atoms with E-state index >= 15 is 0 Å². The van der Waals surface area contributed by atoms with Crippen LogP contribution in [0.25, 0.3) is 66.8 Å². The topological polar surface area (TPSA) is 3.24 Å². The first-order valence-electron chi connectivity index (χ1n) is 26.2. The summed E-state index contributed by atoms with van der Waals surface area (Å²) in [5, 5.41) is 0. The van der Waals surface area contributed by atoms with Gasteiger partial charge >= 0.3 is 0 Å². The van der Waals surface area contributed by atoms with Gasteiger partial charge in [-0.25, -0.2) is 0 Å². The molecule has 1 spiro atoms. The third-order valence-corrected chi connectivity index (χ3v) is 16.6. The van der Waals surface area contributed by atoms with E-state index in [1.54, 1.807) is 0 Å². The van der Waals surface area contributed by atoms with Crippen LogP contribution in [-0.4, -0.2) is 0 Å². The van der Waals surface area contributed by atoms with Crippen LogP contribution >= 0.6 is 0 Å². The van der Waals surface area contributed by atoms with Gasteiger partial charge in [-0.2, -0.15) is 0 Å². The molecule has 3 aliphatic rings. The lowest BCUT2D eigenvalue weighted by atomic mass is 9.68. The molecule has 0 heterocycles. The summed E-state index contributed by atoms with van der Waals surface area (Å²) in [5.41, 5.74) is 27.4. The summed E-state index contributed by atoms with van der Waals surface area (Å²) in [6.07, 6.45) is 0. The predicted molar refractivity (Wildman–Crippen MR) is 311 cm³/mol. The van der Waals surface area contributed by atoms with Crippen LogP contribution in [-0.2, 0) is 10.8 Å². The van der Waals surface area contributed by atoms with Gasteiger partial charge in [0, 0.05) is 16.9 Å². The molecule has 0 saturated heterocycles. The fourth-order valence-electron chi connectivity index (χ4n) is 13.7. The predicted octanol–water partition coefficient (Wildman–Crippen LogP) is 18.9. The zero-order valence-corrected chi connectivity index (χ0v) is 41.2. The van der Waals surface area contributed by atoms with Gasteiger partial charge < -0.3 is 4.90 Å². The Morgan fingerprint density at radius 2 is 0.547 bits per heavy atom. The molecule has 15 rings (SSSR count). The second kappa shape index (κ2) is 17.0. The summed E-state index contributed by atoms with van der Waals surface area (Å²) in [6, 6.07) is 111. The van der Waals surface area contributed by atoms with Crippen molar-refractivity contribution in [3.05, 3.63) is 342 Å². The number of anilines is 3. The van der Waals surface area contributed by atoms with Crippen molar-refractivity contribution in [3.63, 3.8) is 0 Å². The largest absolute Gasteiger partial charge is 0.310 e. The Morgan fingerprint density at radius 1 is 0.213 bits per heavy atom. The number of hydrogen-bond acceptors (Lipinski definition) is 1. The van der Waals surface area contributed by atoms with Crippen LogP contribution < -0.4 is 4.90 Å². The van der Waals surface area contributed by atoms with Gasteiger partial charge in [0.1, 0.15) is 0 Å². The van der Waals surface area contributed by atoms with Crippen LogP contribution in [0.1, 0.15) is 44.5 Å². The molecule has 0 unspecified atom stereocenters. The first-order chi connectivity index (χ1) is 37.2. The quantitative estimate of drug-likeness (QED) is 0.147. The summed E-state index contributed by atoms with van der Waals surface area (Å²) in [5.74, 6) is 0. The van der Waals surface area contributed by atoms with Gasteiger partial charge in [0.15, 0.2) is 0 Å². The monoisotopic (exact) mass is 951 g/mol. The van der Waals surface area contributed by atoms with E-state index in [0.717, 1.165) is 17.1 Å². The van der Waals surface area contributed by atoms with E-state index in [4.69, 9.17) is 0 Å². The smallest absolute Gasteiger partial charge is 0.0725 e. The number of rotatable bonds is 8. The minimum Gasteiger partial charge on any atom is -0.310 e. The highest BCUT2D eigenvalue weighted by Gasteiger charge is 2.52. The van der Waals surface area contributed by atoms with E-state index in [-0.39, 0.29) is 0 Å². The van der Waals surface area contributed by atoms with E-state index in [2.05, 4.69) is 302 Å². The Morgan fingerprint density at radius 3 is 1.03 bits per heavy atom. The average molecular weight is 952 g/mol. The molecule has 0 amide bonds. The highest BCUT2D eigenvalue weighted by atomic mass is 15.1. The molecule has 12 aromatic rings. The third-order valence-electron chi connectivity index (χ3n) is 16.6. The molecular formula is C74H49N. The maximum atomic E-state index is 2.56. The van der Waals surface area contributed by atoms with Crippen molar-refractivity contribution in [2.24, 2.45) is 0 Å². The Bertz CT molecular complexity index is 3990. The first kappa shape index (κ1) is 43.1. The van der Waals surface area contributed by atoms with Crippen molar-refractivity contribution < 1.29 is 0 Å². The van der Waals surface area contributed by atoms with E-state index in [1.165, 1.54) is 111 Å². The van der Waals surface area contributed by atoms with Crippen molar-refractivity contribution in [3.8, 4) is 66.8 Å². The second-order valence-corrected chi connectivity index (χ2v) is 20.2. The molecule has 0 bridgehead atoms. The molecule has 0 fully saturated rings. The van der Waals surface area contributed by atoms with Crippen LogP contribution in [0.15, 0.2) is 297 Å². The highest BCUT2D eigenvalue weighted by Crippen LogP contribution is 2.64. The van der Waals surface area contributed by atoms with Crippen LogP contribution in [0.3, 0.4) is 0 Å². The number of hydrogen-bond donors (Lipinski definition) is 0. The van der Waals surface area contributed by atoms with Gasteiger partial charge in [0.25, 0.3) is 0 Å². The summed E-state index contributed by atoms with van der Waals surface area (Å²) in [6.45, 7) is 0. The van der Waals surface area contributed by atoms with E-state index in [9.17, 15) is 0 Å². The minimum atomic E-state index is -0.524. The molecule has 0 N–H and O–H groups in total. The van der Waals surface area contributed by atoms with Crippen LogP contribution in [0.2, 0.25) is 0 Å². The maximum Gasteiger partial charge on any atom is 0.0725 e. The normalized spacial score (nSPS) is 13.5. The molecule has 350 valence electrons. The van der Waals surface area contributed by atoms with Crippen molar-refractivity contribution in [1.82, 2.24) is 0 Å². The van der Waals surface area contributed by atoms with E-state index < -0.39 is 10.8 Å². The standard InChI is InChI=1S/C74H49N/c1-5-24-50(25-6-1)56-32-13-14-37-62(56)72-57(51-26-7-2-8-27-51)38-23-43-71(72)75(54-44-46-69-63(48-54)60-35-17-19-39-65(60)73(69,52-28-9-3-10-29-52)53-30-11-4-12-31-53)55-45-47-70-64(49-55)61-36-18-22-42-68(61)74(70)66-40-20-15-33-58(66)59-34-16-21-41-67(59)74/h1-49H. The molecule has 0 aromatic heterocycles. The van der Waals surface area contributed by atoms with E-state index in [0.29, 0.717) is 0 Å². The van der Waals surface area contributed by atoms with Crippen molar-refractivity contribution in [2.45, 2.75) is 10.8 Å². The molecule has 0 atom stereocenters. The Hall–Kier alpha value is -9.56. The van der Waals surface area contributed by atoms with Crippen LogP contribution in [0.5, 0.6) is 0 Å². The molecule has 12 aromatic carbocycles. The van der Waals surface area contributed by atoms with Gasteiger partial charge in [-0.3, -0.25) is 0 Å². The Kier molecular flexibility index (Phi) is 9.77. The van der Waals surface area contributed by atoms with Crippen LogP contribution in [0.4, 0.5) is 17.1 Å². The second-order valence-electron chi connectivity index (χ2n) is 20.2. The number of benzene rings is 12. The number of nitrogens with zero attached hydrogens (tertiary/aromatic N) is 1. The molecule has 1 nitrogen and oxygen atoms in total. The van der Waals surface area contributed by atoms with Crippen molar-refractivity contribution in [2.75, 3.05) is 4.90 Å². The SMILES string of the molecule is c1ccc(-c2ccccc2-c2c(-c3ccccc3)cccc2N(c2ccc3c(c2)-c2ccccc2C3(c2ccccc2)c2ccccc2)c2ccc3c(c2)-c2ccccc2C32c3ccccc3-c3ccccc32)cc1. The summed E-state index contributed by atoms with van der Waals surface area (Å²) >= 11 is 0. The Balaban J connectivity index is 1.04. The van der Waals surface area contributed by atoms with Gasteiger partial charge in [-0.05, 0) is 136 Å². The minimum absolute atomic E-state index is 0.453. The van der Waals surface area contributed by atoms with Crippen LogP contribution in [0, 0.1) is 0 Å². The van der Waals surface area contributed by atoms with Crippen molar-refractivity contribution >= 4 is 17.1 Å². The van der Waals surface area contributed by atoms with Gasteiger partial charge in [-0.1, -0.05) is 267 Å². The molecule has 3 aliphatic carbocycles. The summed E-state index contributed by atoms with van der Waals surface area (Å²) < 4.78 is 0. The molecule has 0 radical (unpaired) electrons. The van der Waals surface area contributed by atoms with Crippen molar-refractivity contribution in [1.29, 1.82) is 0 Å². The Labute approximate surface area is 439 Å². The van der Waals surface area contributed by atoms with Gasteiger partial charge in [0.2, 0.25) is 0 Å². The van der Waals surface area contributed by atoms with Gasteiger partial charge in [-0.15, -0.1) is 0 Å². The maximum absolute atomic E-state index is 2.56. The molecule has 0 saturated carbocycles. The average Bonchev–Trinajstić information content (AvgIpc) is 4.17. The third kappa shape index (κ3) is 6.19. The fraction of sp³-hybridized carbons (Fsp3) is 0.0270. The molecular weight excluding hydrogens is 903 g/mol. The summed E-state index contributed by atoms with van der Waals surface area (Å²) in [4.78, 5) is 2.56. The molecule has 0 aliphatic heterocycles. The lowest BCUT2D eigenvalue weighted by Gasteiger charge is -2.34. The van der Waals surface area contributed by atoms with Gasteiger partial charge in [0.05, 0.1) is 16.5 Å². The molecule has 75 heavy (non-hydrogen) atoms. The summed E-state index contributed by atoms with van der Waals surface area (Å²) in [7, 11) is 0. The zero-order chi connectivity index (χ0) is 49.5. The first-order valence-corrected chi connectivity index (χ1v) is 26.2. The zero-order valence-electron chi connectivity index (χ0n) is 41.2. The number of fused-ring (bicyclic) bond motifs is 13.